The number of nitrogens with zero attached hydrogens (tertiary/aromatic N) is 1. The number of ether oxygens (including phenoxy) is 2. The van der Waals surface area contributed by atoms with Crippen LogP contribution in [-0.2, 0) is 14.3 Å². The van der Waals surface area contributed by atoms with Gasteiger partial charge in [0.2, 0.25) is 0 Å². The van der Waals surface area contributed by atoms with Crippen LogP contribution in [0.5, 0.6) is 0 Å². The number of carbonyl (C=O) groups excluding carboxylic acids is 1. The van der Waals surface area contributed by atoms with Crippen molar-refractivity contribution in [3.8, 4) is 0 Å². The van der Waals surface area contributed by atoms with Gasteiger partial charge in [-0.2, -0.15) is 0 Å². The molecule has 0 rings (SSSR count). The second kappa shape index (κ2) is 12.4. The Labute approximate surface area is 126 Å². The van der Waals surface area contributed by atoms with Gasteiger partial charge < -0.3 is 24.8 Å². The van der Waals surface area contributed by atoms with E-state index in [4.69, 9.17) is 14.6 Å². The van der Waals surface area contributed by atoms with Crippen molar-refractivity contribution in [3.63, 3.8) is 0 Å². The summed E-state index contributed by atoms with van der Waals surface area (Å²) >= 11 is 0. The SMILES string of the molecule is CCC(CNC(=O)N(CCCOC)CCOC)CC(=O)O. The number of rotatable bonds is 12. The zero-order chi connectivity index (χ0) is 16.1. The zero-order valence-electron chi connectivity index (χ0n) is 13.3. The average Bonchev–Trinajstić information content (AvgIpc) is 2.46. The Kier molecular flexibility index (Phi) is 11.6. The zero-order valence-corrected chi connectivity index (χ0v) is 13.3. The summed E-state index contributed by atoms with van der Waals surface area (Å²) in [6.45, 7) is 4.43. The van der Waals surface area contributed by atoms with Crippen LogP contribution >= 0.6 is 0 Å². The molecule has 7 nitrogen and oxygen atoms in total. The van der Waals surface area contributed by atoms with Crippen LogP contribution in [0.4, 0.5) is 4.79 Å². The van der Waals surface area contributed by atoms with Gasteiger partial charge in [0.1, 0.15) is 0 Å². The number of aliphatic carboxylic acids is 1. The van der Waals surface area contributed by atoms with Gasteiger partial charge in [-0.3, -0.25) is 4.79 Å². The third-order valence-electron chi connectivity index (χ3n) is 3.21. The minimum absolute atomic E-state index is 0.0466. The number of carboxylic acid groups (broad SMARTS) is 1. The molecule has 1 unspecified atom stereocenters. The number of nitrogens with one attached hydrogen (secondary N) is 1. The summed E-state index contributed by atoms with van der Waals surface area (Å²) in [4.78, 5) is 24.5. The lowest BCUT2D eigenvalue weighted by molar-refractivity contribution is -0.138. The molecule has 21 heavy (non-hydrogen) atoms. The molecule has 0 spiro atoms. The predicted octanol–water partition coefficient (Wildman–Crippen LogP) is 1.18. The van der Waals surface area contributed by atoms with Crippen molar-refractivity contribution in [1.29, 1.82) is 0 Å². The highest BCUT2D eigenvalue weighted by Crippen LogP contribution is 2.07. The Morgan fingerprint density at radius 3 is 2.38 bits per heavy atom. The number of methoxy groups -OCH3 is 2. The lowest BCUT2D eigenvalue weighted by Gasteiger charge is -2.24. The number of amides is 2. The molecule has 0 bridgehead atoms. The minimum atomic E-state index is -0.840. The Hall–Kier alpha value is -1.34. The molecule has 0 saturated carbocycles. The first-order chi connectivity index (χ1) is 10.0. The topological polar surface area (TPSA) is 88.1 Å². The van der Waals surface area contributed by atoms with Crippen LogP contribution in [-0.4, -0.2) is 69.1 Å². The molecule has 1 atom stereocenters. The van der Waals surface area contributed by atoms with E-state index in [-0.39, 0.29) is 18.4 Å². The number of carboxylic acids is 1. The summed E-state index contributed by atoms with van der Waals surface area (Å²) in [6.07, 6.45) is 1.53. The summed E-state index contributed by atoms with van der Waals surface area (Å²) in [5.41, 5.74) is 0. The second-order valence-electron chi connectivity index (χ2n) is 4.88. The first kappa shape index (κ1) is 19.7. The van der Waals surface area contributed by atoms with E-state index in [2.05, 4.69) is 5.32 Å². The average molecular weight is 304 g/mol. The van der Waals surface area contributed by atoms with E-state index in [0.29, 0.717) is 39.3 Å². The molecule has 0 radical (unpaired) electrons. The Balaban J connectivity index is 4.26. The van der Waals surface area contributed by atoms with E-state index in [1.54, 1.807) is 19.1 Å². The van der Waals surface area contributed by atoms with Crippen molar-refractivity contribution >= 4 is 12.0 Å². The van der Waals surface area contributed by atoms with E-state index in [9.17, 15) is 9.59 Å². The van der Waals surface area contributed by atoms with Crippen LogP contribution in [0.15, 0.2) is 0 Å². The molecular formula is C14H28N2O5. The molecular weight excluding hydrogens is 276 g/mol. The molecule has 2 N–H and O–H groups in total. The van der Waals surface area contributed by atoms with Crippen molar-refractivity contribution in [3.05, 3.63) is 0 Å². The number of urea groups is 1. The smallest absolute Gasteiger partial charge is 0.317 e. The Bertz CT molecular complexity index is 299. The Morgan fingerprint density at radius 1 is 1.19 bits per heavy atom. The number of hydrogen-bond acceptors (Lipinski definition) is 4. The van der Waals surface area contributed by atoms with Crippen molar-refractivity contribution in [2.45, 2.75) is 26.2 Å². The van der Waals surface area contributed by atoms with Gasteiger partial charge in [0.05, 0.1) is 6.61 Å². The molecule has 0 aromatic heterocycles. The van der Waals surface area contributed by atoms with Gasteiger partial charge in [-0.1, -0.05) is 13.3 Å². The highest BCUT2D eigenvalue weighted by molar-refractivity contribution is 5.74. The van der Waals surface area contributed by atoms with E-state index in [1.807, 2.05) is 6.92 Å². The van der Waals surface area contributed by atoms with Gasteiger partial charge >= 0.3 is 12.0 Å². The van der Waals surface area contributed by atoms with Crippen LogP contribution in [0.3, 0.4) is 0 Å². The molecule has 0 aliphatic heterocycles. The molecule has 0 saturated heterocycles. The van der Waals surface area contributed by atoms with E-state index < -0.39 is 5.97 Å². The van der Waals surface area contributed by atoms with Gasteiger partial charge in [0.15, 0.2) is 0 Å². The van der Waals surface area contributed by atoms with Crippen LogP contribution < -0.4 is 5.32 Å². The molecule has 0 aromatic rings. The van der Waals surface area contributed by atoms with E-state index in [0.717, 1.165) is 6.42 Å². The summed E-state index contributed by atoms with van der Waals surface area (Å²) in [5, 5.41) is 11.6. The maximum absolute atomic E-state index is 12.1. The fraction of sp³-hybridized carbons (Fsp3) is 0.857. The fourth-order valence-electron chi connectivity index (χ4n) is 1.87. The molecule has 124 valence electrons. The van der Waals surface area contributed by atoms with Crippen molar-refractivity contribution in [2.75, 3.05) is 47.1 Å². The molecule has 0 aliphatic rings. The van der Waals surface area contributed by atoms with Crippen LogP contribution in [0.1, 0.15) is 26.2 Å². The van der Waals surface area contributed by atoms with Gasteiger partial charge in [0.25, 0.3) is 0 Å². The summed E-state index contributed by atoms with van der Waals surface area (Å²) in [6, 6.07) is -0.188. The van der Waals surface area contributed by atoms with Gasteiger partial charge in [-0.25, -0.2) is 4.79 Å². The highest BCUT2D eigenvalue weighted by Gasteiger charge is 2.16. The van der Waals surface area contributed by atoms with Crippen molar-refractivity contribution in [1.82, 2.24) is 10.2 Å². The molecule has 0 aliphatic carbocycles. The standard InChI is InChI=1S/C14H28N2O5/c1-4-12(10-13(17)18)11-15-14(19)16(7-9-21-3)6-5-8-20-2/h12H,4-11H2,1-3H3,(H,15,19)(H,17,18). The Morgan fingerprint density at radius 2 is 1.86 bits per heavy atom. The molecule has 2 amide bonds. The number of hydrogen-bond donors (Lipinski definition) is 2. The van der Waals surface area contributed by atoms with Crippen molar-refractivity contribution < 1.29 is 24.2 Å². The van der Waals surface area contributed by atoms with E-state index >= 15 is 0 Å². The fourth-order valence-corrected chi connectivity index (χ4v) is 1.87. The van der Waals surface area contributed by atoms with E-state index in [1.165, 1.54) is 0 Å². The lowest BCUT2D eigenvalue weighted by atomic mass is 10.0. The largest absolute Gasteiger partial charge is 0.481 e. The highest BCUT2D eigenvalue weighted by atomic mass is 16.5. The third-order valence-corrected chi connectivity index (χ3v) is 3.21. The lowest BCUT2D eigenvalue weighted by Crippen LogP contribution is -2.44. The first-order valence-corrected chi connectivity index (χ1v) is 7.27. The third kappa shape index (κ3) is 10.1. The van der Waals surface area contributed by atoms with Crippen molar-refractivity contribution in [2.24, 2.45) is 5.92 Å². The van der Waals surface area contributed by atoms with Crippen LogP contribution in [0.25, 0.3) is 0 Å². The maximum Gasteiger partial charge on any atom is 0.317 e. The second-order valence-corrected chi connectivity index (χ2v) is 4.88. The quantitative estimate of drug-likeness (QED) is 0.529. The van der Waals surface area contributed by atoms with Gasteiger partial charge in [-0.05, 0) is 12.3 Å². The molecule has 0 fully saturated rings. The van der Waals surface area contributed by atoms with Gasteiger partial charge in [-0.15, -0.1) is 0 Å². The minimum Gasteiger partial charge on any atom is -0.481 e. The normalized spacial score (nSPS) is 12.0. The summed E-state index contributed by atoms with van der Waals surface area (Å²) in [5.74, 6) is -0.887. The number of carbonyl (C=O) groups is 2. The van der Waals surface area contributed by atoms with Crippen LogP contribution in [0.2, 0.25) is 0 Å². The predicted molar refractivity (Wildman–Crippen MR) is 79.4 cm³/mol. The maximum atomic E-state index is 12.1. The first-order valence-electron chi connectivity index (χ1n) is 7.27. The summed E-state index contributed by atoms with van der Waals surface area (Å²) < 4.78 is 9.98. The molecule has 0 aromatic carbocycles. The molecule has 7 heteroatoms. The van der Waals surface area contributed by atoms with Gasteiger partial charge in [0, 0.05) is 46.9 Å². The molecule has 0 heterocycles. The van der Waals surface area contributed by atoms with Crippen LogP contribution in [0, 0.1) is 5.92 Å². The monoisotopic (exact) mass is 304 g/mol. The summed E-state index contributed by atoms with van der Waals surface area (Å²) in [7, 11) is 3.21.